The molecule has 1 aliphatic rings. The lowest BCUT2D eigenvalue weighted by Gasteiger charge is -2.30. The van der Waals surface area contributed by atoms with E-state index in [1.165, 1.54) is 5.56 Å². The number of para-hydroxylation sites is 1. The summed E-state index contributed by atoms with van der Waals surface area (Å²) in [5.74, 6) is -0.127. The molecule has 2 heterocycles. The van der Waals surface area contributed by atoms with Crippen molar-refractivity contribution in [3.8, 4) is 5.69 Å². The van der Waals surface area contributed by atoms with Gasteiger partial charge in [-0.25, -0.2) is 4.68 Å². The normalized spacial score (nSPS) is 13.6. The highest BCUT2D eigenvalue weighted by atomic mass is 16.2. The van der Waals surface area contributed by atoms with E-state index < -0.39 is 0 Å². The van der Waals surface area contributed by atoms with Crippen molar-refractivity contribution in [2.24, 2.45) is 5.73 Å². The molecule has 0 saturated heterocycles. The molecular formula is C19H19N5O. The first-order chi connectivity index (χ1) is 12.3. The van der Waals surface area contributed by atoms with E-state index in [1.807, 2.05) is 48.5 Å². The number of carbonyl (C=O) groups excluding carboxylic acids is 1. The monoisotopic (exact) mass is 333 g/mol. The molecule has 126 valence electrons. The molecule has 0 saturated carbocycles. The molecule has 1 aromatic heterocycles. The van der Waals surface area contributed by atoms with Crippen LogP contribution in [0.15, 0.2) is 54.7 Å². The van der Waals surface area contributed by atoms with E-state index in [1.54, 1.807) is 15.8 Å². The molecule has 1 amide bonds. The van der Waals surface area contributed by atoms with Gasteiger partial charge in [-0.3, -0.25) is 4.79 Å². The van der Waals surface area contributed by atoms with Crippen LogP contribution in [0.5, 0.6) is 0 Å². The summed E-state index contributed by atoms with van der Waals surface area (Å²) in [6.45, 7) is 1.16. The minimum absolute atomic E-state index is 0.127. The van der Waals surface area contributed by atoms with E-state index in [4.69, 9.17) is 5.73 Å². The van der Waals surface area contributed by atoms with Crippen molar-refractivity contribution >= 4 is 11.6 Å². The second-order valence-electron chi connectivity index (χ2n) is 6.06. The van der Waals surface area contributed by atoms with Crippen LogP contribution in [0, 0.1) is 0 Å². The summed E-state index contributed by atoms with van der Waals surface area (Å²) in [7, 11) is 0. The van der Waals surface area contributed by atoms with Crippen molar-refractivity contribution in [1.82, 2.24) is 15.0 Å². The van der Waals surface area contributed by atoms with Crippen LogP contribution in [0.2, 0.25) is 0 Å². The van der Waals surface area contributed by atoms with Gasteiger partial charge in [0.05, 0.1) is 11.9 Å². The van der Waals surface area contributed by atoms with Gasteiger partial charge in [0, 0.05) is 18.8 Å². The van der Waals surface area contributed by atoms with Crippen LogP contribution in [0.25, 0.3) is 5.69 Å². The molecule has 3 aromatic rings. The molecule has 0 unspecified atom stereocenters. The maximum atomic E-state index is 13.0. The zero-order chi connectivity index (χ0) is 17.2. The number of carbonyl (C=O) groups is 1. The number of nitrogens with zero attached hydrogens (tertiary/aromatic N) is 4. The standard InChI is InChI=1S/C19H19N5O/c20-12-14-6-4-10-18-16(14)9-5-11-23(18)19(25)17-13-24(22-21-17)15-7-2-1-3-8-15/h1-4,6-8,10,13H,5,9,11-12,20H2. The summed E-state index contributed by atoms with van der Waals surface area (Å²) in [4.78, 5) is 14.8. The average molecular weight is 333 g/mol. The van der Waals surface area contributed by atoms with Crippen LogP contribution in [0.1, 0.15) is 28.0 Å². The Morgan fingerprint density at radius 1 is 1.12 bits per heavy atom. The maximum Gasteiger partial charge on any atom is 0.280 e. The summed E-state index contributed by atoms with van der Waals surface area (Å²) in [5.41, 5.74) is 10.3. The second kappa shape index (κ2) is 6.49. The molecule has 0 radical (unpaired) electrons. The van der Waals surface area contributed by atoms with Crippen LogP contribution < -0.4 is 10.6 Å². The Hall–Kier alpha value is -2.99. The van der Waals surface area contributed by atoms with E-state index in [2.05, 4.69) is 10.3 Å². The lowest BCUT2D eigenvalue weighted by atomic mass is 9.96. The number of amides is 1. The van der Waals surface area contributed by atoms with Crippen molar-refractivity contribution < 1.29 is 4.79 Å². The first kappa shape index (κ1) is 15.5. The number of nitrogens with two attached hydrogens (primary N) is 1. The average Bonchev–Trinajstić information content (AvgIpc) is 3.17. The first-order valence-corrected chi connectivity index (χ1v) is 8.38. The molecule has 6 heteroatoms. The van der Waals surface area contributed by atoms with Gasteiger partial charge >= 0.3 is 0 Å². The Morgan fingerprint density at radius 3 is 2.76 bits per heavy atom. The van der Waals surface area contributed by atoms with E-state index in [0.29, 0.717) is 18.8 Å². The number of fused-ring (bicyclic) bond motifs is 1. The highest BCUT2D eigenvalue weighted by Gasteiger charge is 2.26. The zero-order valence-electron chi connectivity index (χ0n) is 13.8. The van der Waals surface area contributed by atoms with E-state index in [-0.39, 0.29) is 5.91 Å². The molecule has 0 fully saturated rings. The fourth-order valence-electron chi connectivity index (χ4n) is 3.31. The van der Waals surface area contributed by atoms with Crippen molar-refractivity contribution in [2.75, 3.05) is 11.4 Å². The molecule has 0 aliphatic carbocycles. The summed E-state index contributed by atoms with van der Waals surface area (Å²) < 4.78 is 1.62. The van der Waals surface area contributed by atoms with Gasteiger partial charge in [-0.05, 0) is 42.2 Å². The van der Waals surface area contributed by atoms with E-state index in [9.17, 15) is 4.79 Å². The summed E-state index contributed by atoms with van der Waals surface area (Å²) in [6.07, 6.45) is 3.55. The summed E-state index contributed by atoms with van der Waals surface area (Å²) in [5, 5.41) is 8.17. The molecule has 25 heavy (non-hydrogen) atoms. The predicted octanol–water partition coefficient (Wildman–Crippen LogP) is 2.32. The largest absolute Gasteiger partial charge is 0.326 e. The fourth-order valence-corrected chi connectivity index (χ4v) is 3.31. The van der Waals surface area contributed by atoms with Gasteiger partial charge in [0.2, 0.25) is 0 Å². The SMILES string of the molecule is NCc1cccc2c1CCCN2C(=O)c1cn(-c2ccccc2)nn1. The minimum atomic E-state index is -0.127. The molecule has 0 bridgehead atoms. The Morgan fingerprint density at radius 2 is 1.96 bits per heavy atom. The van der Waals surface area contributed by atoms with Crippen molar-refractivity contribution in [2.45, 2.75) is 19.4 Å². The zero-order valence-corrected chi connectivity index (χ0v) is 13.8. The van der Waals surface area contributed by atoms with E-state index >= 15 is 0 Å². The molecule has 2 aromatic carbocycles. The minimum Gasteiger partial charge on any atom is -0.326 e. The van der Waals surface area contributed by atoms with Gasteiger partial charge in [0.15, 0.2) is 5.69 Å². The van der Waals surface area contributed by atoms with Crippen LogP contribution in [-0.2, 0) is 13.0 Å². The molecule has 0 spiro atoms. The van der Waals surface area contributed by atoms with Crippen LogP contribution >= 0.6 is 0 Å². The van der Waals surface area contributed by atoms with Gasteiger partial charge in [0.25, 0.3) is 5.91 Å². The predicted molar refractivity (Wildman–Crippen MR) is 95.7 cm³/mol. The van der Waals surface area contributed by atoms with Crippen LogP contribution in [0.3, 0.4) is 0 Å². The Labute approximate surface area is 145 Å². The molecule has 6 nitrogen and oxygen atoms in total. The lowest BCUT2D eigenvalue weighted by Crippen LogP contribution is -2.36. The second-order valence-corrected chi connectivity index (χ2v) is 6.06. The van der Waals surface area contributed by atoms with Crippen molar-refractivity contribution in [3.63, 3.8) is 0 Å². The third-order valence-corrected chi connectivity index (χ3v) is 4.55. The maximum absolute atomic E-state index is 13.0. The Kier molecular flexibility index (Phi) is 4.03. The Balaban J connectivity index is 1.66. The first-order valence-electron chi connectivity index (χ1n) is 8.38. The fraction of sp³-hybridized carbons (Fsp3) is 0.211. The number of rotatable bonds is 3. The molecule has 2 N–H and O–H groups in total. The third kappa shape index (κ3) is 2.81. The lowest BCUT2D eigenvalue weighted by molar-refractivity contribution is 0.0980. The van der Waals surface area contributed by atoms with Crippen molar-refractivity contribution in [3.05, 3.63) is 71.5 Å². The third-order valence-electron chi connectivity index (χ3n) is 4.55. The molecule has 0 atom stereocenters. The van der Waals surface area contributed by atoms with Gasteiger partial charge in [-0.2, -0.15) is 0 Å². The summed E-state index contributed by atoms with van der Waals surface area (Å²) in [6, 6.07) is 15.6. The number of aromatic nitrogens is 3. The number of hydrogen-bond donors (Lipinski definition) is 1. The van der Waals surface area contributed by atoms with E-state index in [0.717, 1.165) is 29.8 Å². The van der Waals surface area contributed by atoms with Gasteiger partial charge in [-0.15, -0.1) is 5.10 Å². The Bertz CT molecular complexity index is 903. The van der Waals surface area contributed by atoms with Gasteiger partial charge < -0.3 is 10.6 Å². The number of hydrogen-bond acceptors (Lipinski definition) is 4. The smallest absolute Gasteiger partial charge is 0.280 e. The molecular weight excluding hydrogens is 314 g/mol. The molecule has 4 rings (SSSR count). The van der Waals surface area contributed by atoms with Crippen molar-refractivity contribution in [1.29, 1.82) is 0 Å². The summed E-state index contributed by atoms with van der Waals surface area (Å²) >= 11 is 0. The molecule has 1 aliphatic heterocycles. The van der Waals surface area contributed by atoms with Crippen LogP contribution in [-0.4, -0.2) is 27.4 Å². The topological polar surface area (TPSA) is 77.0 Å². The number of anilines is 1. The van der Waals surface area contributed by atoms with Gasteiger partial charge in [0.1, 0.15) is 0 Å². The van der Waals surface area contributed by atoms with Crippen LogP contribution in [0.4, 0.5) is 5.69 Å². The highest BCUT2D eigenvalue weighted by Crippen LogP contribution is 2.30. The van der Waals surface area contributed by atoms with Gasteiger partial charge in [-0.1, -0.05) is 35.5 Å². The quantitative estimate of drug-likeness (QED) is 0.798. The number of benzene rings is 2. The highest BCUT2D eigenvalue weighted by molar-refractivity contribution is 6.05.